The van der Waals surface area contributed by atoms with E-state index in [9.17, 15) is 4.79 Å². The van der Waals surface area contributed by atoms with Gasteiger partial charge in [0, 0.05) is 19.0 Å². The van der Waals surface area contributed by atoms with Crippen molar-refractivity contribution in [3.8, 4) is 0 Å². The molecule has 1 heterocycles. The van der Waals surface area contributed by atoms with Gasteiger partial charge in [-0.15, -0.1) is 0 Å². The summed E-state index contributed by atoms with van der Waals surface area (Å²) in [6.45, 7) is 3.21. The summed E-state index contributed by atoms with van der Waals surface area (Å²) in [5.74, 6) is 1.26. The predicted molar refractivity (Wildman–Crippen MR) is 70.8 cm³/mol. The SMILES string of the molecule is CC1CCCCN1C(=O)CCC1CCCCC1. The van der Waals surface area contributed by atoms with E-state index in [1.165, 1.54) is 51.4 Å². The number of hydrogen-bond acceptors (Lipinski definition) is 1. The van der Waals surface area contributed by atoms with E-state index in [0.29, 0.717) is 11.9 Å². The summed E-state index contributed by atoms with van der Waals surface area (Å²) < 4.78 is 0. The first-order chi connectivity index (χ1) is 8.27. The summed E-state index contributed by atoms with van der Waals surface area (Å²) in [6, 6.07) is 0.489. The molecular weight excluding hydrogens is 210 g/mol. The molecule has 0 bridgehead atoms. The van der Waals surface area contributed by atoms with Gasteiger partial charge in [0.25, 0.3) is 0 Å². The Kier molecular flexibility index (Phi) is 4.87. The molecule has 1 aliphatic carbocycles. The Labute approximate surface area is 106 Å². The van der Waals surface area contributed by atoms with Crippen LogP contribution in [0.5, 0.6) is 0 Å². The highest BCUT2D eigenvalue weighted by Gasteiger charge is 2.23. The summed E-state index contributed by atoms with van der Waals surface area (Å²) in [7, 11) is 0. The van der Waals surface area contributed by atoms with E-state index in [-0.39, 0.29) is 0 Å². The molecule has 1 saturated carbocycles. The standard InChI is InChI=1S/C15H27NO/c1-13-7-5-6-12-16(13)15(17)11-10-14-8-3-2-4-9-14/h13-14H,2-12H2,1H3. The number of carbonyl (C=O) groups excluding carboxylic acids is 1. The lowest BCUT2D eigenvalue weighted by Gasteiger charge is -2.34. The zero-order valence-corrected chi connectivity index (χ0v) is 11.3. The molecule has 2 nitrogen and oxygen atoms in total. The summed E-state index contributed by atoms with van der Waals surface area (Å²) in [5.41, 5.74) is 0. The predicted octanol–water partition coefficient (Wildman–Crippen LogP) is 3.75. The Morgan fingerprint density at radius 1 is 1.06 bits per heavy atom. The van der Waals surface area contributed by atoms with Crippen LogP contribution < -0.4 is 0 Å². The molecule has 0 radical (unpaired) electrons. The molecule has 98 valence electrons. The van der Waals surface area contributed by atoms with Crippen LogP contribution in [-0.2, 0) is 4.79 Å². The summed E-state index contributed by atoms with van der Waals surface area (Å²) in [6.07, 6.45) is 12.6. The fraction of sp³-hybridized carbons (Fsp3) is 0.933. The van der Waals surface area contributed by atoms with Crippen molar-refractivity contribution < 1.29 is 4.79 Å². The zero-order valence-electron chi connectivity index (χ0n) is 11.3. The van der Waals surface area contributed by atoms with E-state index < -0.39 is 0 Å². The van der Waals surface area contributed by atoms with Gasteiger partial charge in [-0.25, -0.2) is 0 Å². The van der Waals surface area contributed by atoms with Gasteiger partial charge in [-0.1, -0.05) is 32.1 Å². The first-order valence-corrected chi connectivity index (χ1v) is 7.57. The van der Waals surface area contributed by atoms with Crippen LogP contribution >= 0.6 is 0 Å². The highest BCUT2D eigenvalue weighted by Crippen LogP contribution is 2.28. The van der Waals surface area contributed by atoms with Crippen molar-refractivity contribution in [2.24, 2.45) is 5.92 Å². The molecule has 0 aromatic carbocycles. The van der Waals surface area contributed by atoms with Crippen molar-refractivity contribution in [3.63, 3.8) is 0 Å². The van der Waals surface area contributed by atoms with Gasteiger partial charge in [-0.2, -0.15) is 0 Å². The molecular formula is C15H27NO. The van der Waals surface area contributed by atoms with Crippen LogP contribution in [0.1, 0.15) is 71.1 Å². The molecule has 2 aliphatic rings. The van der Waals surface area contributed by atoms with E-state index in [4.69, 9.17) is 0 Å². The van der Waals surface area contributed by atoms with Gasteiger partial charge in [0.15, 0.2) is 0 Å². The zero-order chi connectivity index (χ0) is 12.1. The molecule has 1 amide bonds. The van der Waals surface area contributed by atoms with Gasteiger partial charge in [0.05, 0.1) is 0 Å². The Balaban J connectivity index is 1.72. The van der Waals surface area contributed by atoms with Crippen LogP contribution in [0.25, 0.3) is 0 Å². The Morgan fingerprint density at radius 2 is 1.76 bits per heavy atom. The van der Waals surface area contributed by atoms with Gasteiger partial charge in [0.1, 0.15) is 0 Å². The number of rotatable bonds is 3. The van der Waals surface area contributed by atoms with E-state index >= 15 is 0 Å². The smallest absolute Gasteiger partial charge is 0.222 e. The molecule has 2 heteroatoms. The van der Waals surface area contributed by atoms with Crippen LogP contribution in [0.4, 0.5) is 0 Å². The van der Waals surface area contributed by atoms with Crippen molar-refractivity contribution in [2.75, 3.05) is 6.54 Å². The molecule has 0 aromatic rings. The summed E-state index contributed by atoms with van der Waals surface area (Å²) in [5, 5.41) is 0. The molecule has 2 fully saturated rings. The van der Waals surface area contributed by atoms with Crippen molar-refractivity contribution in [1.29, 1.82) is 0 Å². The van der Waals surface area contributed by atoms with E-state index in [2.05, 4.69) is 11.8 Å². The average Bonchev–Trinajstić information content (AvgIpc) is 2.38. The van der Waals surface area contributed by atoms with Crippen LogP contribution in [0.3, 0.4) is 0 Å². The quantitative estimate of drug-likeness (QED) is 0.732. The molecule has 17 heavy (non-hydrogen) atoms. The molecule has 0 spiro atoms. The average molecular weight is 237 g/mol. The monoisotopic (exact) mass is 237 g/mol. The number of hydrogen-bond donors (Lipinski definition) is 0. The van der Waals surface area contributed by atoms with E-state index in [1.807, 2.05) is 0 Å². The lowest BCUT2D eigenvalue weighted by molar-refractivity contribution is -0.134. The van der Waals surface area contributed by atoms with Crippen molar-refractivity contribution in [2.45, 2.75) is 77.2 Å². The molecule has 0 N–H and O–H groups in total. The number of amides is 1. The fourth-order valence-electron chi connectivity index (χ4n) is 3.42. The van der Waals surface area contributed by atoms with Crippen molar-refractivity contribution >= 4 is 5.91 Å². The first-order valence-electron chi connectivity index (χ1n) is 7.57. The lowest BCUT2D eigenvalue weighted by atomic mass is 9.86. The van der Waals surface area contributed by atoms with Crippen LogP contribution in [0.15, 0.2) is 0 Å². The van der Waals surface area contributed by atoms with Crippen LogP contribution in [0.2, 0.25) is 0 Å². The minimum atomic E-state index is 0.419. The Hall–Kier alpha value is -0.530. The minimum Gasteiger partial charge on any atom is -0.340 e. The molecule has 1 atom stereocenters. The molecule has 1 unspecified atom stereocenters. The van der Waals surface area contributed by atoms with Crippen molar-refractivity contribution in [1.82, 2.24) is 4.90 Å². The normalized spacial score (nSPS) is 27.1. The topological polar surface area (TPSA) is 20.3 Å². The molecule has 0 aromatic heterocycles. The van der Waals surface area contributed by atoms with Gasteiger partial charge >= 0.3 is 0 Å². The van der Waals surface area contributed by atoms with Gasteiger partial charge < -0.3 is 4.90 Å². The minimum absolute atomic E-state index is 0.419. The third kappa shape index (κ3) is 3.72. The second-order valence-corrected chi connectivity index (χ2v) is 5.97. The third-order valence-corrected chi connectivity index (χ3v) is 4.61. The second kappa shape index (κ2) is 6.42. The number of nitrogens with zero attached hydrogens (tertiary/aromatic N) is 1. The molecule has 1 saturated heterocycles. The molecule has 2 rings (SSSR count). The van der Waals surface area contributed by atoms with Crippen LogP contribution in [-0.4, -0.2) is 23.4 Å². The first kappa shape index (κ1) is 12.9. The maximum Gasteiger partial charge on any atom is 0.222 e. The fourth-order valence-corrected chi connectivity index (χ4v) is 3.42. The maximum absolute atomic E-state index is 12.2. The number of piperidine rings is 1. The Bertz CT molecular complexity index is 245. The van der Waals surface area contributed by atoms with E-state index in [0.717, 1.165) is 25.3 Å². The summed E-state index contributed by atoms with van der Waals surface area (Å²) >= 11 is 0. The third-order valence-electron chi connectivity index (χ3n) is 4.61. The highest BCUT2D eigenvalue weighted by atomic mass is 16.2. The highest BCUT2D eigenvalue weighted by molar-refractivity contribution is 5.76. The molecule has 1 aliphatic heterocycles. The maximum atomic E-state index is 12.2. The Morgan fingerprint density at radius 3 is 2.47 bits per heavy atom. The number of likely N-dealkylation sites (tertiary alicyclic amines) is 1. The second-order valence-electron chi connectivity index (χ2n) is 5.97. The van der Waals surface area contributed by atoms with Crippen molar-refractivity contribution in [3.05, 3.63) is 0 Å². The lowest BCUT2D eigenvalue weighted by Crippen LogP contribution is -2.42. The van der Waals surface area contributed by atoms with Gasteiger partial charge in [-0.05, 0) is 38.5 Å². The summed E-state index contributed by atoms with van der Waals surface area (Å²) in [4.78, 5) is 14.3. The largest absolute Gasteiger partial charge is 0.340 e. The van der Waals surface area contributed by atoms with Crippen LogP contribution in [0, 0.1) is 5.92 Å². The van der Waals surface area contributed by atoms with Gasteiger partial charge in [-0.3, -0.25) is 4.79 Å². The van der Waals surface area contributed by atoms with E-state index in [1.54, 1.807) is 0 Å². The number of carbonyl (C=O) groups is 1. The van der Waals surface area contributed by atoms with Gasteiger partial charge in [0.2, 0.25) is 5.91 Å².